The van der Waals surface area contributed by atoms with Crippen LogP contribution in [-0.4, -0.2) is 23.5 Å². The summed E-state index contributed by atoms with van der Waals surface area (Å²) in [6, 6.07) is 0. The maximum absolute atomic E-state index is 12.8. The van der Waals surface area contributed by atoms with Crippen molar-refractivity contribution in [2.24, 2.45) is 0 Å². The first-order valence-corrected chi connectivity index (χ1v) is 2.90. The summed E-state index contributed by atoms with van der Waals surface area (Å²) in [6.07, 6.45) is -0.928. The van der Waals surface area contributed by atoms with Gasteiger partial charge >= 0.3 is 5.97 Å². The van der Waals surface area contributed by atoms with E-state index in [-0.39, 0.29) is 0 Å². The second kappa shape index (κ2) is 1.78. The van der Waals surface area contributed by atoms with Crippen LogP contribution in [0.25, 0.3) is 0 Å². The predicted octanol–water partition coefficient (Wildman–Crippen LogP) is 0.229. The number of ketones is 1. The quantitative estimate of drug-likeness (QED) is 0.363. The Morgan fingerprint density at radius 2 is 2.10 bits per heavy atom. The minimum atomic E-state index is -2.42. The number of esters is 1. The molecule has 0 N–H and O–H groups in total. The van der Waals surface area contributed by atoms with Crippen molar-refractivity contribution in [3.63, 3.8) is 0 Å². The Labute approximate surface area is 57.2 Å². The Hall–Kier alpha value is -0.930. The Morgan fingerprint density at radius 1 is 1.60 bits per heavy atom. The van der Waals surface area contributed by atoms with Crippen molar-refractivity contribution in [2.75, 3.05) is 0 Å². The zero-order valence-corrected chi connectivity index (χ0v) is 5.68. The third-order valence-electron chi connectivity index (χ3n) is 1.50. The molecule has 0 aliphatic carbocycles. The number of carbonyl (C=O) groups excluding carboxylic acids is 2. The molecule has 0 aromatic rings. The van der Waals surface area contributed by atoms with Crippen molar-refractivity contribution in [1.82, 2.24) is 0 Å². The van der Waals surface area contributed by atoms with Crippen molar-refractivity contribution in [3.05, 3.63) is 0 Å². The van der Waals surface area contributed by atoms with Crippen molar-refractivity contribution < 1.29 is 18.7 Å². The summed E-state index contributed by atoms with van der Waals surface area (Å²) in [7, 11) is 0. The molecule has 0 spiro atoms. The van der Waals surface area contributed by atoms with E-state index in [1.165, 1.54) is 6.92 Å². The number of hydrogen-bond donors (Lipinski definition) is 0. The van der Waals surface area contributed by atoms with E-state index in [0.717, 1.165) is 6.92 Å². The highest BCUT2D eigenvalue weighted by Crippen LogP contribution is 2.24. The Morgan fingerprint density at radius 3 is 2.20 bits per heavy atom. The molecular weight excluding hydrogens is 139 g/mol. The molecule has 0 aromatic carbocycles. The average molecular weight is 146 g/mol. The van der Waals surface area contributed by atoms with Crippen LogP contribution < -0.4 is 0 Å². The molecule has 1 fully saturated rings. The molecule has 2 atom stereocenters. The van der Waals surface area contributed by atoms with Crippen LogP contribution in [0.15, 0.2) is 0 Å². The van der Waals surface area contributed by atoms with Gasteiger partial charge in [0, 0.05) is 0 Å². The first-order valence-electron chi connectivity index (χ1n) is 2.90. The van der Waals surface area contributed by atoms with Gasteiger partial charge in [0.1, 0.15) is 0 Å². The zero-order chi connectivity index (χ0) is 7.94. The van der Waals surface area contributed by atoms with Gasteiger partial charge in [-0.25, -0.2) is 9.18 Å². The second-order valence-corrected chi connectivity index (χ2v) is 2.41. The van der Waals surface area contributed by atoms with E-state index in [2.05, 4.69) is 4.74 Å². The number of halogens is 1. The van der Waals surface area contributed by atoms with Crippen LogP contribution in [0.3, 0.4) is 0 Å². The summed E-state index contributed by atoms with van der Waals surface area (Å²) in [5.41, 5.74) is -2.42. The number of rotatable bonds is 0. The normalized spacial score (nSPS) is 40.1. The van der Waals surface area contributed by atoms with Gasteiger partial charge in [-0.05, 0) is 13.8 Å². The SMILES string of the molecule is CC1OC(=O)C(C)(F)C1=O. The largest absolute Gasteiger partial charge is 0.452 e. The van der Waals surface area contributed by atoms with E-state index in [1.54, 1.807) is 0 Å². The van der Waals surface area contributed by atoms with Gasteiger partial charge in [0.2, 0.25) is 5.78 Å². The molecule has 2 unspecified atom stereocenters. The highest BCUT2D eigenvalue weighted by Gasteiger charge is 2.52. The van der Waals surface area contributed by atoms with E-state index >= 15 is 0 Å². The van der Waals surface area contributed by atoms with Gasteiger partial charge in [0.25, 0.3) is 5.67 Å². The van der Waals surface area contributed by atoms with Crippen LogP contribution in [-0.2, 0) is 14.3 Å². The van der Waals surface area contributed by atoms with Crippen molar-refractivity contribution >= 4 is 11.8 Å². The molecule has 56 valence electrons. The van der Waals surface area contributed by atoms with Crippen molar-refractivity contribution in [1.29, 1.82) is 0 Å². The van der Waals surface area contributed by atoms with Crippen LogP contribution in [0.1, 0.15) is 13.8 Å². The van der Waals surface area contributed by atoms with Crippen LogP contribution in [0.4, 0.5) is 4.39 Å². The molecule has 1 saturated heterocycles. The van der Waals surface area contributed by atoms with Crippen LogP contribution in [0.5, 0.6) is 0 Å². The first kappa shape index (κ1) is 7.18. The number of alkyl halides is 1. The maximum Gasteiger partial charge on any atom is 0.352 e. The summed E-state index contributed by atoms with van der Waals surface area (Å²) in [6.45, 7) is 2.27. The van der Waals surface area contributed by atoms with E-state index in [1.807, 2.05) is 0 Å². The number of cyclic esters (lactones) is 1. The van der Waals surface area contributed by atoms with Gasteiger partial charge in [-0.2, -0.15) is 0 Å². The lowest BCUT2D eigenvalue weighted by Crippen LogP contribution is -2.33. The summed E-state index contributed by atoms with van der Waals surface area (Å²) < 4.78 is 17.1. The van der Waals surface area contributed by atoms with Gasteiger partial charge in [0.15, 0.2) is 6.10 Å². The Bertz CT molecular complexity index is 197. The molecule has 0 bridgehead atoms. The third-order valence-corrected chi connectivity index (χ3v) is 1.50. The summed E-state index contributed by atoms with van der Waals surface area (Å²) in [5.74, 6) is -1.87. The van der Waals surface area contributed by atoms with Gasteiger partial charge in [-0.15, -0.1) is 0 Å². The number of ether oxygens (including phenoxy) is 1. The second-order valence-electron chi connectivity index (χ2n) is 2.41. The molecule has 10 heavy (non-hydrogen) atoms. The predicted molar refractivity (Wildman–Crippen MR) is 30.1 cm³/mol. The standard InChI is InChI=1S/C6H7FO3/c1-3-4(8)6(2,7)5(9)10-3/h3H,1-2H3. The minimum absolute atomic E-state index is 0.794. The molecule has 0 radical (unpaired) electrons. The molecule has 1 heterocycles. The number of carbonyl (C=O) groups is 2. The summed E-state index contributed by atoms with van der Waals surface area (Å²) >= 11 is 0. The summed E-state index contributed by atoms with van der Waals surface area (Å²) in [5, 5.41) is 0. The van der Waals surface area contributed by atoms with Crippen LogP contribution in [0.2, 0.25) is 0 Å². The van der Waals surface area contributed by atoms with Crippen LogP contribution in [0, 0.1) is 0 Å². The molecule has 0 saturated carbocycles. The third kappa shape index (κ3) is 0.716. The molecule has 0 aromatic heterocycles. The fourth-order valence-electron chi connectivity index (χ4n) is 0.807. The van der Waals surface area contributed by atoms with E-state index < -0.39 is 23.5 Å². The van der Waals surface area contributed by atoms with Gasteiger partial charge < -0.3 is 4.74 Å². The average Bonchev–Trinajstić information content (AvgIpc) is 1.97. The first-order chi connectivity index (χ1) is 4.46. The Balaban J connectivity index is 2.96. The molecule has 1 rings (SSSR count). The van der Waals surface area contributed by atoms with Gasteiger partial charge in [0.05, 0.1) is 0 Å². The molecule has 0 amide bonds. The van der Waals surface area contributed by atoms with Gasteiger partial charge in [-0.3, -0.25) is 4.79 Å². The molecule has 3 nitrogen and oxygen atoms in total. The topological polar surface area (TPSA) is 43.4 Å². The van der Waals surface area contributed by atoms with Crippen LogP contribution >= 0.6 is 0 Å². The maximum atomic E-state index is 12.8. The van der Waals surface area contributed by atoms with Gasteiger partial charge in [-0.1, -0.05) is 0 Å². The minimum Gasteiger partial charge on any atom is -0.452 e. The lowest BCUT2D eigenvalue weighted by molar-refractivity contribution is -0.149. The summed E-state index contributed by atoms with van der Waals surface area (Å²) in [4.78, 5) is 21.2. The Kier molecular flexibility index (Phi) is 1.28. The molecule has 1 aliphatic heterocycles. The lowest BCUT2D eigenvalue weighted by Gasteiger charge is -2.02. The van der Waals surface area contributed by atoms with E-state index in [4.69, 9.17) is 0 Å². The number of hydrogen-bond acceptors (Lipinski definition) is 3. The van der Waals surface area contributed by atoms with E-state index in [0.29, 0.717) is 0 Å². The fraction of sp³-hybridized carbons (Fsp3) is 0.667. The fourth-order valence-corrected chi connectivity index (χ4v) is 0.807. The molecule has 4 heteroatoms. The molecular formula is C6H7FO3. The monoisotopic (exact) mass is 146 g/mol. The molecule has 1 aliphatic rings. The zero-order valence-electron chi connectivity index (χ0n) is 5.68. The van der Waals surface area contributed by atoms with Crippen molar-refractivity contribution in [3.8, 4) is 0 Å². The van der Waals surface area contributed by atoms with Crippen molar-refractivity contribution in [2.45, 2.75) is 25.6 Å². The highest BCUT2D eigenvalue weighted by molar-refractivity contribution is 6.13. The van der Waals surface area contributed by atoms with E-state index in [9.17, 15) is 14.0 Å². The lowest BCUT2D eigenvalue weighted by atomic mass is 10.0. The number of Topliss-reactive ketones (excluding diaryl/α,β-unsaturated/α-hetero) is 1. The smallest absolute Gasteiger partial charge is 0.352 e. The highest BCUT2D eigenvalue weighted by atomic mass is 19.1.